The average Bonchev–Trinajstić information content (AvgIpc) is 3.55. The van der Waals surface area contributed by atoms with E-state index in [1.54, 1.807) is 18.3 Å². The van der Waals surface area contributed by atoms with Gasteiger partial charge in [-0.05, 0) is 59.9 Å². The molecule has 3 aromatic carbocycles. The van der Waals surface area contributed by atoms with Crippen LogP contribution in [0, 0.1) is 12.7 Å². The highest BCUT2D eigenvalue weighted by Crippen LogP contribution is 2.28. The number of carboxylic acids is 1. The molecule has 0 fully saturated rings. The van der Waals surface area contributed by atoms with Crippen molar-refractivity contribution in [2.45, 2.75) is 39.3 Å². The lowest BCUT2D eigenvalue weighted by Gasteiger charge is -2.20. The van der Waals surface area contributed by atoms with Gasteiger partial charge in [0.15, 0.2) is 0 Å². The van der Waals surface area contributed by atoms with E-state index in [1.165, 1.54) is 12.1 Å². The van der Waals surface area contributed by atoms with Gasteiger partial charge in [-0.1, -0.05) is 43.3 Å². The number of anilines is 2. The number of hydrogen-bond donors (Lipinski definition) is 4. The van der Waals surface area contributed by atoms with Crippen LogP contribution in [-0.2, 0) is 24.2 Å². The third-order valence-electron chi connectivity index (χ3n) is 6.41. The summed E-state index contributed by atoms with van der Waals surface area (Å²) in [6.45, 7) is 4.26. The molecule has 0 saturated heterocycles. The Morgan fingerprint density at radius 1 is 1.16 bits per heavy atom. The normalized spacial score (nSPS) is 12.0. The molecule has 0 aliphatic carbocycles. The molecule has 0 amide bonds. The number of aromatic amines is 1. The van der Waals surface area contributed by atoms with E-state index in [9.17, 15) is 14.3 Å². The molecule has 5 rings (SSSR count). The number of imidazole rings is 1. The molecule has 9 heteroatoms. The molecule has 0 spiro atoms. The van der Waals surface area contributed by atoms with Crippen molar-refractivity contribution in [1.82, 2.24) is 15.0 Å². The zero-order chi connectivity index (χ0) is 26.6. The van der Waals surface area contributed by atoms with Crippen molar-refractivity contribution >= 4 is 40.0 Å². The van der Waals surface area contributed by atoms with Gasteiger partial charge in [0.25, 0.3) is 0 Å². The minimum absolute atomic E-state index is 0.297. The van der Waals surface area contributed by atoms with E-state index in [4.69, 9.17) is 0 Å². The van der Waals surface area contributed by atoms with E-state index < -0.39 is 12.0 Å². The predicted octanol–water partition coefficient (Wildman–Crippen LogP) is 6.42. The van der Waals surface area contributed by atoms with Crippen molar-refractivity contribution in [3.63, 3.8) is 0 Å². The number of fused-ring (bicyclic) bond motifs is 1. The van der Waals surface area contributed by atoms with Gasteiger partial charge in [-0.15, -0.1) is 11.3 Å². The quantitative estimate of drug-likeness (QED) is 0.167. The van der Waals surface area contributed by atoms with Gasteiger partial charge in [-0.2, -0.15) is 0 Å². The summed E-state index contributed by atoms with van der Waals surface area (Å²) in [5.74, 6) is -0.566. The number of rotatable bonds is 10. The molecular formula is C29H28FN5O2S. The number of nitrogens with zero attached hydrogens (tertiary/aromatic N) is 2. The number of halogens is 1. The number of H-pyrrole nitrogens is 1. The first-order valence-electron chi connectivity index (χ1n) is 12.4. The fraction of sp³-hybridized carbons (Fsp3) is 0.207. The summed E-state index contributed by atoms with van der Waals surface area (Å²) in [7, 11) is 0. The standard InChI is InChI=1S/C29H28FN5O2S/c1-3-19-14-21(30)12-17(2)27(19)33-24(28(36)37)13-18-8-10-20(11-9-18)25-15-31-26(38-25)16-32-29-34-22-6-4-5-7-23(22)35-29/h4-12,14-15,24,33H,3,13,16H2,1-2H3,(H,36,37)(H2,32,34,35). The Bertz CT molecular complexity index is 1540. The minimum Gasteiger partial charge on any atom is -0.480 e. The van der Waals surface area contributed by atoms with E-state index in [2.05, 4.69) is 25.6 Å². The monoisotopic (exact) mass is 529 g/mol. The van der Waals surface area contributed by atoms with E-state index in [0.717, 1.165) is 37.6 Å². The van der Waals surface area contributed by atoms with E-state index in [0.29, 0.717) is 36.6 Å². The summed E-state index contributed by atoms with van der Waals surface area (Å²) < 4.78 is 13.8. The average molecular weight is 530 g/mol. The maximum Gasteiger partial charge on any atom is 0.326 e. The molecule has 0 aliphatic heterocycles. The maximum atomic E-state index is 13.8. The smallest absolute Gasteiger partial charge is 0.326 e. The number of carbonyl (C=O) groups is 1. The number of aliphatic carboxylic acids is 1. The van der Waals surface area contributed by atoms with Gasteiger partial charge in [0, 0.05) is 18.3 Å². The van der Waals surface area contributed by atoms with Crippen LogP contribution in [-0.4, -0.2) is 32.1 Å². The summed E-state index contributed by atoms with van der Waals surface area (Å²) in [5, 5.41) is 17.2. The lowest BCUT2D eigenvalue weighted by Crippen LogP contribution is -2.32. The molecule has 4 N–H and O–H groups in total. The van der Waals surface area contributed by atoms with Gasteiger partial charge >= 0.3 is 5.97 Å². The Hall–Kier alpha value is -4.24. The second-order valence-corrected chi connectivity index (χ2v) is 10.2. The van der Waals surface area contributed by atoms with Crippen molar-refractivity contribution in [2.24, 2.45) is 0 Å². The number of carboxylic acid groups (broad SMARTS) is 1. The van der Waals surface area contributed by atoms with Crippen molar-refractivity contribution < 1.29 is 14.3 Å². The molecule has 1 atom stereocenters. The SMILES string of the molecule is CCc1cc(F)cc(C)c1NC(Cc1ccc(-c2cnc(CNc3nc4ccccc4[nH]3)s2)cc1)C(=O)O. The van der Waals surface area contributed by atoms with Crippen LogP contribution < -0.4 is 10.6 Å². The highest BCUT2D eigenvalue weighted by atomic mass is 32.1. The van der Waals surface area contributed by atoms with Gasteiger partial charge in [0.05, 0.1) is 22.5 Å². The van der Waals surface area contributed by atoms with Crippen molar-refractivity contribution in [3.05, 3.63) is 94.4 Å². The molecule has 0 aliphatic rings. The van der Waals surface area contributed by atoms with Crippen LogP contribution in [0.25, 0.3) is 21.5 Å². The van der Waals surface area contributed by atoms with Crippen LogP contribution in [0.3, 0.4) is 0 Å². The summed E-state index contributed by atoms with van der Waals surface area (Å²) in [5.41, 5.74) is 5.94. The predicted molar refractivity (Wildman–Crippen MR) is 150 cm³/mol. The van der Waals surface area contributed by atoms with Gasteiger partial charge in [-0.3, -0.25) is 0 Å². The Balaban J connectivity index is 1.24. The van der Waals surface area contributed by atoms with E-state index >= 15 is 0 Å². The summed E-state index contributed by atoms with van der Waals surface area (Å²) in [6.07, 6.45) is 2.75. The summed E-state index contributed by atoms with van der Waals surface area (Å²) >= 11 is 1.59. The third kappa shape index (κ3) is 5.68. The first kappa shape index (κ1) is 25.4. The second kappa shape index (κ2) is 11.0. The van der Waals surface area contributed by atoms with Crippen molar-refractivity contribution in [1.29, 1.82) is 0 Å². The number of hydrogen-bond acceptors (Lipinski definition) is 6. The fourth-order valence-electron chi connectivity index (χ4n) is 4.43. The molecule has 1 unspecified atom stereocenters. The lowest BCUT2D eigenvalue weighted by atomic mass is 10.0. The molecule has 5 aromatic rings. The number of nitrogens with one attached hydrogen (secondary N) is 3. The molecular weight excluding hydrogens is 501 g/mol. The number of thiazole rings is 1. The highest BCUT2D eigenvalue weighted by Gasteiger charge is 2.20. The molecule has 194 valence electrons. The Kier molecular flexibility index (Phi) is 7.37. The maximum absolute atomic E-state index is 13.8. The van der Waals surface area contributed by atoms with Gasteiger partial charge < -0.3 is 20.7 Å². The topological polar surface area (TPSA) is 103 Å². The molecule has 0 saturated carbocycles. The molecule has 2 aromatic heterocycles. The summed E-state index contributed by atoms with van der Waals surface area (Å²) in [4.78, 5) is 25.4. The first-order valence-corrected chi connectivity index (χ1v) is 13.2. The van der Waals surface area contributed by atoms with Crippen molar-refractivity contribution in [2.75, 3.05) is 10.6 Å². The molecule has 0 bridgehead atoms. The van der Waals surface area contributed by atoms with Crippen LogP contribution in [0.4, 0.5) is 16.0 Å². The number of benzene rings is 3. The fourth-order valence-corrected chi connectivity index (χ4v) is 5.30. The van der Waals surface area contributed by atoms with Gasteiger partial charge in [0.2, 0.25) is 5.95 Å². The van der Waals surface area contributed by atoms with E-state index in [-0.39, 0.29) is 5.82 Å². The molecule has 0 radical (unpaired) electrons. The van der Waals surface area contributed by atoms with Crippen LogP contribution in [0.1, 0.15) is 28.6 Å². The Morgan fingerprint density at radius 3 is 2.68 bits per heavy atom. The van der Waals surface area contributed by atoms with Crippen LogP contribution in [0.5, 0.6) is 0 Å². The number of aryl methyl sites for hydroxylation is 2. The minimum atomic E-state index is -0.955. The van der Waals surface area contributed by atoms with Gasteiger partial charge in [-0.25, -0.2) is 19.2 Å². The lowest BCUT2D eigenvalue weighted by molar-refractivity contribution is -0.137. The number of para-hydroxylation sites is 2. The van der Waals surface area contributed by atoms with Crippen molar-refractivity contribution in [3.8, 4) is 10.4 Å². The van der Waals surface area contributed by atoms with Crippen LogP contribution in [0.15, 0.2) is 66.9 Å². The second-order valence-electron chi connectivity index (χ2n) is 9.12. The van der Waals surface area contributed by atoms with Crippen LogP contribution in [0.2, 0.25) is 0 Å². The number of aromatic nitrogens is 3. The largest absolute Gasteiger partial charge is 0.480 e. The van der Waals surface area contributed by atoms with Crippen LogP contribution >= 0.6 is 11.3 Å². The summed E-state index contributed by atoms with van der Waals surface area (Å²) in [6, 6.07) is 17.8. The zero-order valence-corrected chi connectivity index (χ0v) is 21.9. The van der Waals surface area contributed by atoms with Gasteiger partial charge in [0.1, 0.15) is 16.9 Å². The molecule has 38 heavy (non-hydrogen) atoms. The Labute approximate surface area is 223 Å². The first-order chi connectivity index (χ1) is 18.4. The Morgan fingerprint density at radius 2 is 1.95 bits per heavy atom. The molecule has 2 heterocycles. The van der Waals surface area contributed by atoms with E-state index in [1.807, 2.05) is 61.7 Å². The highest BCUT2D eigenvalue weighted by molar-refractivity contribution is 7.15. The third-order valence-corrected chi connectivity index (χ3v) is 7.45. The zero-order valence-electron chi connectivity index (χ0n) is 21.1. The molecule has 7 nitrogen and oxygen atoms in total.